The van der Waals surface area contributed by atoms with Gasteiger partial charge < -0.3 is 10.0 Å². The zero-order valence-corrected chi connectivity index (χ0v) is 12.1. The summed E-state index contributed by atoms with van der Waals surface area (Å²) < 4.78 is 0. The molecular weight excluding hydrogens is 266 g/mol. The third-order valence-electron chi connectivity index (χ3n) is 3.92. The van der Waals surface area contributed by atoms with Gasteiger partial charge in [0.15, 0.2) is 0 Å². The SMILES string of the molecule is CCC1CCN(C(=O)C#Cc2ccccc2)C(C(=O)O)C1. The lowest BCUT2D eigenvalue weighted by Gasteiger charge is -2.35. The number of carboxylic acids is 1. The fraction of sp³-hybridized carbons (Fsp3) is 0.412. The number of carbonyl (C=O) groups excluding carboxylic acids is 1. The van der Waals surface area contributed by atoms with Crippen LogP contribution in [0.5, 0.6) is 0 Å². The lowest BCUT2D eigenvalue weighted by atomic mass is 9.89. The number of nitrogens with zero attached hydrogens (tertiary/aromatic N) is 1. The van der Waals surface area contributed by atoms with Crippen LogP contribution < -0.4 is 0 Å². The molecule has 2 rings (SSSR count). The molecule has 1 aliphatic heterocycles. The maximum absolute atomic E-state index is 12.2. The normalized spacial score (nSPS) is 21.3. The smallest absolute Gasteiger partial charge is 0.326 e. The number of piperidine rings is 1. The molecule has 1 aliphatic rings. The van der Waals surface area contributed by atoms with Gasteiger partial charge in [0, 0.05) is 18.0 Å². The second-order valence-electron chi connectivity index (χ2n) is 5.27. The van der Waals surface area contributed by atoms with Crippen molar-refractivity contribution in [2.24, 2.45) is 5.92 Å². The Morgan fingerprint density at radius 3 is 2.67 bits per heavy atom. The lowest BCUT2D eigenvalue weighted by Crippen LogP contribution is -2.49. The van der Waals surface area contributed by atoms with Crippen molar-refractivity contribution in [1.29, 1.82) is 0 Å². The van der Waals surface area contributed by atoms with E-state index in [1.54, 1.807) is 0 Å². The van der Waals surface area contributed by atoms with Gasteiger partial charge in [0.2, 0.25) is 0 Å². The molecule has 0 aromatic heterocycles. The Bertz CT molecular complexity index is 571. The van der Waals surface area contributed by atoms with Gasteiger partial charge in [-0.1, -0.05) is 37.5 Å². The first-order chi connectivity index (χ1) is 10.1. The van der Waals surface area contributed by atoms with Crippen LogP contribution in [0.25, 0.3) is 0 Å². The summed E-state index contributed by atoms with van der Waals surface area (Å²) in [5.74, 6) is 4.38. The Labute approximate surface area is 124 Å². The van der Waals surface area contributed by atoms with Gasteiger partial charge in [0.1, 0.15) is 6.04 Å². The summed E-state index contributed by atoms with van der Waals surface area (Å²) in [6, 6.07) is 8.46. The number of likely N-dealkylation sites (tertiary alicyclic amines) is 1. The summed E-state index contributed by atoms with van der Waals surface area (Å²) in [5, 5.41) is 9.31. The van der Waals surface area contributed by atoms with E-state index in [9.17, 15) is 14.7 Å². The quantitative estimate of drug-likeness (QED) is 0.847. The van der Waals surface area contributed by atoms with Gasteiger partial charge in [-0.3, -0.25) is 4.79 Å². The highest BCUT2D eigenvalue weighted by atomic mass is 16.4. The van der Waals surface area contributed by atoms with Crippen molar-refractivity contribution in [3.8, 4) is 11.8 Å². The van der Waals surface area contributed by atoms with E-state index in [0.717, 1.165) is 18.4 Å². The average molecular weight is 285 g/mol. The minimum Gasteiger partial charge on any atom is -0.480 e. The van der Waals surface area contributed by atoms with Crippen LogP contribution in [-0.2, 0) is 9.59 Å². The third-order valence-corrected chi connectivity index (χ3v) is 3.92. The van der Waals surface area contributed by atoms with E-state index in [4.69, 9.17) is 0 Å². The van der Waals surface area contributed by atoms with Crippen LogP contribution in [0, 0.1) is 17.8 Å². The summed E-state index contributed by atoms with van der Waals surface area (Å²) >= 11 is 0. The minimum atomic E-state index is -0.942. The maximum Gasteiger partial charge on any atom is 0.326 e. The number of benzene rings is 1. The monoisotopic (exact) mass is 285 g/mol. The van der Waals surface area contributed by atoms with Crippen LogP contribution >= 0.6 is 0 Å². The maximum atomic E-state index is 12.2. The van der Waals surface area contributed by atoms with E-state index in [0.29, 0.717) is 18.9 Å². The second-order valence-corrected chi connectivity index (χ2v) is 5.27. The molecule has 0 radical (unpaired) electrons. The van der Waals surface area contributed by atoms with Crippen LogP contribution in [0.15, 0.2) is 30.3 Å². The van der Waals surface area contributed by atoms with Crippen molar-refractivity contribution >= 4 is 11.9 Å². The van der Waals surface area contributed by atoms with Crippen molar-refractivity contribution < 1.29 is 14.7 Å². The molecule has 4 nitrogen and oxygen atoms in total. The Kier molecular flexibility index (Phi) is 4.99. The van der Waals surface area contributed by atoms with Crippen LogP contribution in [0.4, 0.5) is 0 Å². The second kappa shape index (κ2) is 6.94. The van der Waals surface area contributed by atoms with Gasteiger partial charge in [0.25, 0.3) is 5.91 Å². The fourth-order valence-electron chi connectivity index (χ4n) is 2.61. The molecule has 1 fully saturated rings. The number of rotatable bonds is 2. The van der Waals surface area contributed by atoms with Crippen LogP contribution in [0.3, 0.4) is 0 Å². The van der Waals surface area contributed by atoms with E-state index >= 15 is 0 Å². The standard InChI is InChI=1S/C17H19NO3/c1-2-13-10-11-18(15(12-13)17(20)21)16(19)9-8-14-6-4-3-5-7-14/h3-7,13,15H,2,10-12H2,1H3,(H,20,21). The molecule has 110 valence electrons. The highest BCUT2D eigenvalue weighted by molar-refractivity contribution is 5.96. The zero-order valence-electron chi connectivity index (χ0n) is 12.1. The fourth-order valence-corrected chi connectivity index (χ4v) is 2.61. The highest BCUT2D eigenvalue weighted by Gasteiger charge is 2.34. The molecule has 1 amide bonds. The van der Waals surface area contributed by atoms with Gasteiger partial charge in [-0.15, -0.1) is 0 Å². The Morgan fingerprint density at radius 1 is 1.33 bits per heavy atom. The molecule has 0 bridgehead atoms. The van der Waals surface area contributed by atoms with Gasteiger partial charge >= 0.3 is 5.97 Å². The van der Waals surface area contributed by atoms with Crippen molar-refractivity contribution in [3.63, 3.8) is 0 Å². The number of carboxylic acid groups (broad SMARTS) is 1. The molecule has 1 saturated heterocycles. The number of hydrogen-bond donors (Lipinski definition) is 1. The lowest BCUT2D eigenvalue weighted by molar-refractivity contribution is -0.150. The first-order valence-corrected chi connectivity index (χ1v) is 7.22. The first-order valence-electron chi connectivity index (χ1n) is 7.22. The molecule has 1 heterocycles. The molecule has 1 aromatic carbocycles. The van der Waals surface area contributed by atoms with Crippen molar-refractivity contribution in [2.45, 2.75) is 32.2 Å². The first kappa shape index (κ1) is 15.1. The van der Waals surface area contributed by atoms with Gasteiger partial charge in [-0.2, -0.15) is 0 Å². The molecule has 1 aromatic rings. The Balaban J connectivity index is 2.11. The van der Waals surface area contributed by atoms with Crippen LogP contribution in [0.1, 0.15) is 31.7 Å². The van der Waals surface area contributed by atoms with Crippen molar-refractivity contribution in [1.82, 2.24) is 4.90 Å². The highest BCUT2D eigenvalue weighted by Crippen LogP contribution is 2.25. The third kappa shape index (κ3) is 3.85. The van der Waals surface area contributed by atoms with Gasteiger partial charge in [-0.25, -0.2) is 4.79 Å². The van der Waals surface area contributed by atoms with Gasteiger partial charge in [-0.05, 0) is 30.9 Å². The molecule has 0 spiro atoms. The molecule has 4 heteroatoms. The van der Waals surface area contributed by atoms with Crippen molar-refractivity contribution in [3.05, 3.63) is 35.9 Å². The topological polar surface area (TPSA) is 57.6 Å². The molecule has 2 unspecified atom stereocenters. The molecular formula is C17H19NO3. The van der Waals surface area contributed by atoms with E-state index < -0.39 is 17.9 Å². The summed E-state index contributed by atoms with van der Waals surface area (Å²) in [5.41, 5.74) is 0.751. The predicted octanol–water partition coefficient (Wildman–Crippen LogP) is 2.14. The number of amides is 1. The van der Waals surface area contributed by atoms with E-state index in [-0.39, 0.29) is 0 Å². The van der Waals surface area contributed by atoms with Crippen LogP contribution in [-0.4, -0.2) is 34.5 Å². The summed E-state index contributed by atoms with van der Waals surface area (Å²) in [6.07, 6.45) is 2.31. The molecule has 1 N–H and O–H groups in total. The summed E-state index contributed by atoms with van der Waals surface area (Å²) in [4.78, 5) is 24.9. The minimum absolute atomic E-state index is 0.372. The largest absolute Gasteiger partial charge is 0.480 e. The van der Waals surface area contributed by atoms with Gasteiger partial charge in [0.05, 0.1) is 0 Å². The Hall–Kier alpha value is -2.28. The summed E-state index contributed by atoms with van der Waals surface area (Å²) in [7, 11) is 0. The van der Waals surface area contributed by atoms with Crippen LogP contribution in [0.2, 0.25) is 0 Å². The molecule has 2 atom stereocenters. The summed E-state index contributed by atoms with van der Waals surface area (Å²) in [6.45, 7) is 2.52. The zero-order chi connectivity index (χ0) is 15.2. The number of aliphatic carboxylic acids is 1. The van der Waals surface area contributed by atoms with E-state index in [1.165, 1.54) is 4.90 Å². The number of carbonyl (C=O) groups is 2. The number of hydrogen-bond acceptors (Lipinski definition) is 2. The molecule has 0 aliphatic carbocycles. The molecule has 0 saturated carbocycles. The van der Waals surface area contributed by atoms with Crippen molar-refractivity contribution in [2.75, 3.05) is 6.54 Å². The average Bonchev–Trinajstić information content (AvgIpc) is 2.52. The molecule has 21 heavy (non-hydrogen) atoms. The van der Waals surface area contributed by atoms with E-state index in [2.05, 4.69) is 18.8 Å². The van der Waals surface area contributed by atoms with E-state index in [1.807, 2.05) is 30.3 Å². The predicted molar refractivity (Wildman–Crippen MR) is 79.5 cm³/mol. The Morgan fingerprint density at radius 2 is 2.05 bits per heavy atom.